The average molecular weight is 477 g/mol. The second-order valence-corrected chi connectivity index (χ2v) is 9.01. The van der Waals surface area contributed by atoms with Crippen LogP contribution in [0.3, 0.4) is 0 Å². The molecule has 5 rings (SSSR count). The molecule has 0 fully saturated rings. The highest BCUT2D eigenvalue weighted by Gasteiger charge is 2.25. The number of fused-ring (bicyclic) bond motifs is 2. The number of amides is 1. The van der Waals surface area contributed by atoms with E-state index >= 15 is 0 Å². The van der Waals surface area contributed by atoms with Gasteiger partial charge < -0.3 is 11.1 Å². The van der Waals surface area contributed by atoms with E-state index in [1.807, 2.05) is 80.6 Å². The van der Waals surface area contributed by atoms with E-state index < -0.39 is 0 Å². The third kappa shape index (κ3) is 4.81. The summed E-state index contributed by atoms with van der Waals surface area (Å²) in [6, 6.07) is 25.7. The molecule has 36 heavy (non-hydrogen) atoms. The fraction of sp³-hybridized carbons (Fsp3) is 0.172. The molecule has 0 aliphatic heterocycles. The van der Waals surface area contributed by atoms with Crippen LogP contribution in [0.15, 0.2) is 84.0 Å². The zero-order valence-corrected chi connectivity index (χ0v) is 20.3. The van der Waals surface area contributed by atoms with Crippen LogP contribution in [0.2, 0.25) is 0 Å². The largest absolute Gasteiger partial charge is 0.383 e. The number of nitrogens with two attached hydrogens (primary N) is 1. The number of nitrogens with one attached hydrogen (secondary N) is 1. The summed E-state index contributed by atoms with van der Waals surface area (Å²) in [5, 5.41) is 7.68. The zero-order valence-electron chi connectivity index (χ0n) is 20.3. The topological polar surface area (TPSA) is 98.2 Å². The predicted octanol–water partition coefficient (Wildman–Crippen LogP) is 5.11. The Balaban J connectivity index is 1.50. The number of para-hydroxylation sites is 2. The van der Waals surface area contributed by atoms with Crippen molar-refractivity contribution in [3.05, 3.63) is 101 Å². The standard InChI is InChI=1S/C29H28N6O/c1-19-9-8-12-22(17-19)18-31-35-27(30)25(26-28(35)34-24-14-7-6-13-23(24)33-26)29(36)32-20(2)15-16-21-10-4-3-5-11-21/h3-14,17-18,20H,15-16,30H2,1-2H3,(H,32,36). The van der Waals surface area contributed by atoms with Gasteiger partial charge in [-0.05, 0) is 49.9 Å². The van der Waals surface area contributed by atoms with E-state index in [-0.39, 0.29) is 23.3 Å². The molecule has 1 atom stereocenters. The summed E-state index contributed by atoms with van der Waals surface area (Å²) < 4.78 is 1.50. The van der Waals surface area contributed by atoms with Crippen molar-refractivity contribution >= 4 is 40.1 Å². The van der Waals surface area contributed by atoms with Crippen molar-refractivity contribution in [2.75, 3.05) is 5.73 Å². The van der Waals surface area contributed by atoms with Crippen LogP contribution in [-0.2, 0) is 6.42 Å². The zero-order chi connectivity index (χ0) is 25.1. The minimum atomic E-state index is -0.285. The minimum absolute atomic E-state index is 0.0558. The van der Waals surface area contributed by atoms with E-state index in [9.17, 15) is 4.79 Å². The van der Waals surface area contributed by atoms with E-state index in [1.54, 1.807) is 6.21 Å². The highest BCUT2D eigenvalue weighted by atomic mass is 16.1. The highest BCUT2D eigenvalue weighted by molar-refractivity contribution is 6.10. The van der Waals surface area contributed by atoms with Crippen LogP contribution in [0.25, 0.3) is 22.2 Å². The molecule has 5 aromatic rings. The van der Waals surface area contributed by atoms with Crippen molar-refractivity contribution in [1.29, 1.82) is 0 Å². The number of aromatic nitrogens is 3. The monoisotopic (exact) mass is 476 g/mol. The molecule has 2 aromatic heterocycles. The predicted molar refractivity (Wildman–Crippen MR) is 145 cm³/mol. The Morgan fingerprint density at radius 1 is 1.03 bits per heavy atom. The summed E-state index contributed by atoms with van der Waals surface area (Å²) in [6.07, 6.45) is 3.38. The van der Waals surface area contributed by atoms with Gasteiger partial charge in [-0.25, -0.2) is 9.97 Å². The Bertz CT molecular complexity index is 1570. The van der Waals surface area contributed by atoms with Crippen LogP contribution in [-0.4, -0.2) is 32.8 Å². The van der Waals surface area contributed by atoms with Gasteiger partial charge in [-0.1, -0.05) is 72.3 Å². The van der Waals surface area contributed by atoms with E-state index in [2.05, 4.69) is 22.6 Å². The van der Waals surface area contributed by atoms with Gasteiger partial charge in [-0.2, -0.15) is 9.78 Å². The molecule has 0 saturated heterocycles. The van der Waals surface area contributed by atoms with Crippen LogP contribution in [0.4, 0.5) is 5.82 Å². The lowest BCUT2D eigenvalue weighted by molar-refractivity contribution is 0.0940. The van der Waals surface area contributed by atoms with Gasteiger partial charge in [0.1, 0.15) is 16.9 Å². The molecule has 3 aromatic carbocycles. The Hall–Kier alpha value is -4.52. The summed E-state index contributed by atoms with van der Waals surface area (Å²) in [7, 11) is 0. The maximum atomic E-state index is 13.4. The number of hydrogen-bond acceptors (Lipinski definition) is 5. The van der Waals surface area contributed by atoms with Crippen LogP contribution in [0.5, 0.6) is 0 Å². The molecular weight excluding hydrogens is 448 g/mol. The summed E-state index contributed by atoms with van der Waals surface area (Å²) in [5.74, 6) is -0.0795. The molecule has 7 nitrogen and oxygen atoms in total. The lowest BCUT2D eigenvalue weighted by Gasteiger charge is -2.14. The number of rotatable bonds is 7. The number of carbonyl (C=O) groups excluding carboxylic acids is 1. The third-order valence-electron chi connectivity index (χ3n) is 6.15. The smallest absolute Gasteiger partial charge is 0.257 e. The number of benzene rings is 3. The van der Waals surface area contributed by atoms with Crippen molar-refractivity contribution in [1.82, 2.24) is 20.0 Å². The number of nitrogens with zero attached hydrogens (tertiary/aromatic N) is 4. The van der Waals surface area contributed by atoms with Crippen LogP contribution in [0.1, 0.15) is 40.4 Å². The second-order valence-electron chi connectivity index (χ2n) is 9.01. The lowest BCUT2D eigenvalue weighted by Crippen LogP contribution is -2.33. The van der Waals surface area contributed by atoms with Gasteiger partial charge in [0, 0.05) is 6.04 Å². The molecule has 0 radical (unpaired) electrons. The van der Waals surface area contributed by atoms with Gasteiger partial charge in [0.15, 0.2) is 5.65 Å². The van der Waals surface area contributed by atoms with Crippen LogP contribution in [0, 0.1) is 6.92 Å². The third-order valence-corrected chi connectivity index (χ3v) is 6.15. The molecule has 1 amide bonds. The summed E-state index contributed by atoms with van der Waals surface area (Å²) >= 11 is 0. The van der Waals surface area contributed by atoms with Crippen LogP contribution < -0.4 is 11.1 Å². The van der Waals surface area contributed by atoms with Gasteiger partial charge in [-0.15, -0.1) is 0 Å². The first kappa shape index (κ1) is 23.2. The number of nitrogen functional groups attached to an aromatic ring is 1. The SMILES string of the molecule is Cc1cccc(C=Nn2c(N)c(C(=O)NC(C)CCc3ccccc3)c3nc4ccccc4nc32)c1. The fourth-order valence-electron chi connectivity index (χ4n) is 4.26. The van der Waals surface area contributed by atoms with E-state index in [0.29, 0.717) is 22.2 Å². The fourth-order valence-corrected chi connectivity index (χ4v) is 4.26. The van der Waals surface area contributed by atoms with Gasteiger partial charge in [0.05, 0.1) is 17.2 Å². The van der Waals surface area contributed by atoms with Crippen molar-refractivity contribution in [2.24, 2.45) is 5.10 Å². The molecule has 2 heterocycles. The minimum Gasteiger partial charge on any atom is -0.383 e. The second kappa shape index (κ2) is 10.00. The lowest BCUT2D eigenvalue weighted by atomic mass is 10.1. The van der Waals surface area contributed by atoms with Crippen molar-refractivity contribution < 1.29 is 4.79 Å². The van der Waals surface area contributed by atoms with Crippen molar-refractivity contribution in [3.63, 3.8) is 0 Å². The number of carbonyl (C=O) groups is 1. The number of anilines is 1. The first-order chi connectivity index (χ1) is 17.5. The Kier molecular flexibility index (Phi) is 6.45. The van der Waals surface area contributed by atoms with E-state index in [4.69, 9.17) is 15.7 Å². The molecule has 0 saturated carbocycles. The van der Waals surface area contributed by atoms with Gasteiger partial charge in [0.25, 0.3) is 5.91 Å². The Labute approximate surface area is 209 Å². The normalized spacial score (nSPS) is 12.4. The molecule has 0 spiro atoms. The Morgan fingerprint density at radius 3 is 2.50 bits per heavy atom. The first-order valence-corrected chi connectivity index (χ1v) is 12.0. The molecule has 7 heteroatoms. The summed E-state index contributed by atoms with van der Waals surface area (Å²) in [6.45, 7) is 4.02. The quantitative estimate of drug-likeness (QED) is 0.319. The number of aryl methyl sites for hydroxylation is 2. The Morgan fingerprint density at radius 2 is 1.75 bits per heavy atom. The maximum Gasteiger partial charge on any atom is 0.257 e. The maximum absolute atomic E-state index is 13.4. The molecule has 180 valence electrons. The molecular formula is C29H28N6O. The van der Waals surface area contributed by atoms with Gasteiger partial charge >= 0.3 is 0 Å². The van der Waals surface area contributed by atoms with Crippen molar-refractivity contribution in [2.45, 2.75) is 32.7 Å². The van der Waals surface area contributed by atoms with Gasteiger partial charge in [-0.3, -0.25) is 4.79 Å². The van der Waals surface area contributed by atoms with Crippen molar-refractivity contribution in [3.8, 4) is 0 Å². The molecule has 0 aliphatic rings. The highest BCUT2D eigenvalue weighted by Crippen LogP contribution is 2.28. The summed E-state index contributed by atoms with van der Waals surface area (Å²) in [5.41, 5.74) is 12.4. The molecule has 3 N–H and O–H groups in total. The molecule has 1 unspecified atom stereocenters. The molecule has 0 aliphatic carbocycles. The average Bonchev–Trinajstić information content (AvgIpc) is 3.15. The van der Waals surface area contributed by atoms with E-state index in [0.717, 1.165) is 24.0 Å². The summed E-state index contributed by atoms with van der Waals surface area (Å²) in [4.78, 5) is 23.0. The van der Waals surface area contributed by atoms with Gasteiger partial charge in [0.2, 0.25) is 0 Å². The molecule has 0 bridgehead atoms. The van der Waals surface area contributed by atoms with E-state index in [1.165, 1.54) is 10.2 Å². The number of hydrogen-bond donors (Lipinski definition) is 2. The first-order valence-electron chi connectivity index (χ1n) is 12.0. The van der Waals surface area contributed by atoms with Crippen LogP contribution >= 0.6 is 0 Å².